The van der Waals surface area contributed by atoms with Crippen molar-refractivity contribution >= 4 is 11.6 Å². The van der Waals surface area contributed by atoms with E-state index >= 15 is 0 Å². The minimum absolute atomic E-state index is 0.0409. The molecule has 1 aliphatic rings. The van der Waals surface area contributed by atoms with E-state index in [0.29, 0.717) is 19.3 Å². The molecule has 0 aliphatic heterocycles. The van der Waals surface area contributed by atoms with E-state index in [4.69, 9.17) is 0 Å². The molecule has 1 rings (SSSR count). The van der Waals surface area contributed by atoms with Gasteiger partial charge in [-0.05, 0) is 39.0 Å². The lowest BCUT2D eigenvalue weighted by molar-refractivity contribution is -0.128. The van der Waals surface area contributed by atoms with E-state index in [-0.39, 0.29) is 29.3 Å². The number of hydrogen-bond acceptors (Lipinski definition) is 3. The molecule has 104 valence electrons. The Kier molecular flexibility index (Phi) is 5.09. The van der Waals surface area contributed by atoms with Crippen molar-refractivity contribution in [1.82, 2.24) is 0 Å². The quantitative estimate of drug-likeness (QED) is 0.782. The number of carbonyl (C=O) groups excluding carboxylic acids is 2. The average Bonchev–Trinajstić information content (AvgIpc) is 2.27. The summed E-state index contributed by atoms with van der Waals surface area (Å²) < 4.78 is 0. The predicted molar refractivity (Wildman–Crippen MR) is 71.2 cm³/mol. The Morgan fingerprint density at radius 2 is 1.56 bits per heavy atom. The highest BCUT2D eigenvalue weighted by atomic mass is 16.3. The Labute approximate surface area is 110 Å². The Balaban J connectivity index is 2.82. The van der Waals surface area contributed by atoms with Crippen LogP contribution in [0.5, 0.6) is 0 Å². The van der Waals surface area contributed by atoms with E-state index < -0.39 is 5.60 Å². The number of rotatable bonds is 1. The molecule has 3 nitrogen and oxygen atoms in total. The number of ketones is 2. The lowest BCUT2D eigenvalue weighted by atomic mass is 9.77. The summed E-state index contributed by atoms with van der Waals surface area (Å²) in [4.78, 5) is 23.9. The molecule has 0 aromatic carbocycles. The Hall–Kier alpha value is -0.700. The van der Waals surface area contributed by atoms with E-state index in [1.54, 1.807) is 13.8 Å². The third kappa shape index (κ3) is 4.20. The molecule has 18 heavy (non-hydrogen) atoms. The van der Waals surface area contributed by atoms with Crippen molar-refractivity contribution in [2.75, 3.05) is 0 Å². The Morgan fingerprint density at radius 1 is 1.00 bits per heavy atom. The van der Waals surface area contributed by atoms with E-state index in [1.807, 2.05) is 13.8 Å². The topological polar surface area (TPSA) is 54.4 Å². The molecule has 0 saturated heterocycles. The lowest BCUT2D eigenvalue weighted by Crippen LogP contribution is -2.35. The number of aliphatic hydroxyl groups is 1. The molecule has 0 heterocycles. The molecule has 1 aliphatic carbocycles. The van der Waals surface area contributed by atoms with Crippen molar-refractivity contribution in [3.63, 3.8) is 0 Å². The van der Waals surface area contributed by atoms with E-state index in [9.17, 15) is 14.7 Å². The van der Waals surface area contributed by atoms with Gasteiger partial charge in [-0.1, -0.05) is 13.8 Å². The monoisotopic (exact) mass is 254 g/mol. The van der Waals surface area contributed by atoms with Crippen molar-refractivity contribution in [2.45, 2.75) is 65.4 Å². The summed E-state index contributed by atoms with van der Waals surface area (Å²) in [5.74, 6) is 0.385. The average molecular weight is 254 g/mol. The normalized spacial score (nSPS) is 32.4. The van der Waals surface area contributed by atoms with Crippen LogP contribution in [0, 0.1) is 17.8 Å². The molecular formula is C15H26O3. The molecular weight excluding hydrogens is 228 g/mol. The summed E-state index contributed by atoms with van der Waals surface area (Å²) in [5, 5.41) is 10.1. The van der Waals surface area contributed by atoms with Crippen LogP contribution in [0.2, 0.25) is 0 Å². The predicted octanol–water partition coefficient (Wildman–Crippen LogP) is 2.75. The highest BCUT2D eigenvalue weighted by Gasteiger charge is 2.32. The van der Waals surface area contributed by atoms with Crippen LogP contribution in [0.1, 0.15) is 59.8 Å². The van der Waals surface area contributed by atoms with Gasteiger partial charge in [-0.25, -0.2) is 0 Å². The van der Waals surface area contributed by atoms with Gasteiger partial charge in [0.15, 0.2) is 0 Å². The fourth-order valence-corrected chi connectivity index (χ4v) is 2.53. The zero-order valence-electron chi connectivity index (χ0n) is 12.0. The maximum atomic E-state index is 12.1. The van der Waals surface area contributed by atoms with Gasteiger partial charge in [-0.2, -0.15) is 0 Å². The number of carbonyl (C=O) groups is 2. The van der Waals surface area contributed by atoms with Gasteiger partial charge in [0.25, 0.3) is 0 Å². The van der Waals surface area contributed by atoms with Gasteiger partial charge in [0, 0.05) is 24.7 Å². The SMILES string of the molecule is C[C@@H]1CC[C@H](C(C)(C)O)CC(=O)[C@@H](C)CCC1=O. The second-order valence-electron chi connectivity index (χ2n) is 6.41. The number of hydrogen-bond donors (Lipinski definition) is 1. The first-order chi connectivity index (χ1) is 8.21. The standard InChI is InChI=1S/C15H26O3/c1-10-5-7-12(15(3,4)18)9-14(17)11(2)6-8-13(10)16/h10-12,18H,5-9H2,1-4H3/t10-,11+,12+/m1/s1. The molecule has 0 aromatic rings. The van der Waals surface area contributed by atoms with Gasteiger partial charge in [-0.15, -0.1) is 0 Å². The second kappa shape index (κ2) is 5.96. The van der Waals surface area contributed by atoms with Crippen LogP contribution in [0.15, 0.2) is 0 Å². The van der Waals surface area contributed by atoms with Crippen molar-refractivity contribution in [1.29, 1.82) is 0 Å². The first kappa shape index (κ1) is 15.4. The van der Waals surface area contributed by atoms with Gasteiger partial charge in [-0.3, -0.25) is 9.59 Å². The zero-order valence-corrected chi connectivity index (χ0v) is 12.0. The third-order valence-corrected chi connectivity index (χ3v) is 4.32. The van der Waals surface area contributed by atoms with Gasteiger partial charge in [0.05, 0.1) is 5.60 Å². The van der Waals surface area contributed by atoms with Crippen LogP contribution in [-0.2, 0) is 9.59 Å². The van der Waals surface area contributed by atoms with E-state index in [2.05, 4.69) is 0 Å². The molecule has 1 fully saturated rings. The summed E-state index contributed by atoms with van der Waals surface area (Å²) in [7, 11) is 0. The smallest absolute Gasteiger partial charge is 0.136 e. The molecule has 0 amide bonds. The van der Waals surface area contributed by atoms with Gasteiger partial charge in [0.1, 0.15) is 11.6 Å². The van der Waals surface area contributed by atoms with Crippen molar-refractivity contribution in [2.24, 2.45) is 17.8 Å². The fourth-order valence-electron chi connectivity index (χ4n) is 2.53. The molecule has 0 bridgehead atoms. The number of Topliss-reactive ketones (excluding diaryl/α,β-unsaturated/α-hetero) is 2. The molecule has 0 unspecified atom stereocenters. The van der Waals surface area contributed by atoms with Crippen LogP contribution < -0.4 is 0 Å². The lowest BCUT2D eigenvalue weighted by Gasteiger charge is -2.31. The van der Waals surface area contributed by atoms with Crippen LogP contribution in [0.3, 0.4) is 0 Å². The summed E-state index contributed by atoms with van der Waals surface area (Å²) in [5.41, 5.74) is -0.850. The van der Waals surface area contributed by atoms with E-state index in [1.165, 1.54) is 0 Å². The summed E-state index contributed by atoms with van der Waals surface area (Å²) in [6, 6.07) is 0. The summed E-state index contributed by atoms with van der Waals surface area (Å²) >= 11 is 0. The zero-order chi connectivity index (χ0) is 13.9. The van der Waals surface area contributed by atoms with Crippen LogP contribution >= 0.6 is 0 Å². The molecule has 0 aromatic heterocycles. The van der Waals surface area contributed by atoms with Crippen molar-refractivity contribution in [3.05, 3.63) is 0 Å². The minimum Gasteiger partial charge on any atom is -0.390 e. The molecule has 0 radical (unpaired) electrons. The van der Waals surface area contributed by atoms with Crippen LogP contribution in [0.25, 0.3) is 0 Å². The van der Waals surface area contributed by atoms with Crippen molar-refractivity contribution < 1.29 is 14.7 Å². The van der Waals surface area contributed by atoms with Gasteiger partial charge in [0.2, 0.25) is 0 Å². The molecule has 1 N–H and O–H groups in total. The van der Waals surface area contributed by atoms with Crippen LogP contribution in [0.4, 0.5) is 0 Å². The summed E-state index contributed by atoms with van der Waals surface area (Å²) in [6.45, 7) is 7.36. The molecule has 3 heteroatoms. The molecule has 3 atom stereocenters. The Morgan fingerprint density at radius 3 is 2.11 bits per heavy atom. The van der Waals surface area contributed by atoms with Gasteiger partial charge < -0.3 is 5.11 Å². The minimum atomic E-state index is -0.850. The highest BCUT2D eigenvalue weighted by Crippen LogP contribution is 2.30. The first-order valence-electron chi connectivity index (χ1n) is 6.99. The second-order valence-corrected chi connectivity index (χ2v) is 6.41. The molecule has 0 spiro atoms. The maximum absolute atomic E-state index is 12.1. The van der Waals surface area contributed by atoms with E-state index in [0.717, 1.165) is 12.8 Å². The highest BCUT2D eigenvalue weighted by molar-refractivity contribution is 5.84. The van der Waals surface area contributed by atoms with Crippen molar-refractivity contribution in [3.8, 4) is 0 Å². The largest absolute Gasteiger partial charge is 0.390 e. The first-order valence-corrected chi connectivity index (χ1v) is 6.99. The maximum Gasteiger partial charge on any atom is 0.136 e. The third-order valence-electron chi connectivity index (χ3n) is 4.32. The van der Waals surface area contributed by atoms with Crippen LogP contribution in [-0.4, -0.2) is 22.3 Å². The molecule has 1 saturated carbocycles. The Bertz CT molecular complexity index is 314. The fraction of sp³-hybridized carbons (Fsp3) is 0.867. The summed E-state index contributed by atoms with van der Waals surface area (Å²) in [6.07, 6.45) is 3.12. The van der Waals surface area contributed by atoms with Gasteiger partial charge >= 0.3 is 0 Å².